The lowest BCUT2D eigenvalue weighted by Gasteiger charge is -1.85. The molecular weight excluding hydrogens is 156 g/mol. The van der Waals surface area contributed by atoms with Gasteiger partial charge in [-0.05, 0) is 12.1 Å². The van der Waals surface area contributed by atoms with E-state index in [1.807, 2.05) is 30.3 Å². The summed E-state index contributed by atoms with van der Waals surface area (Å²) in [5.74, 6) is 0. The van der Waals surface area contributed by atoms with Crippen LogP contribution in [0, 0.1) is 11.5 Å². The fourth-order valence-corrected chi connectivity index (χ4v) is 1.14. The zero-order chi connectivity index (χ0) is 7.94. The lowest BCUT2D eigenvalue weighted by atomic mass is 10.4. The summed E-state index contributed by atoms with van der Waals surface area (Å²) in [5, 5.41) is 10.6. The predicted molar refractivity (Wildman–Crippen MR) is 46.7 cm³/mol. The summed E-state index contributed by atoms with van der Waals surface area (Å²) in [6, 6.07) is 9.75. The molecule has 0 saturated heterocycles. The van der Waals surface area contributed by atoms with Crippen LogP contribution in [0.1, 0.15) is 0 Å². The Morgan fingerprint density at radius 2 is 2.00 bits per heavy atom. The molecule has 3 heteroatoms. The second kappa shape index (κ2) is 4.45. The molecule has 0 aromatic heterocycles. The highest BCUT2D eigenvalue weighted by atomic mass is 32.1. The average Bonchev–Trinajstić information content (AvgIpc) is 2.07. The normalized spacial score (nSPS) is 7.91. The number of thiol groups is 1. The van der Waals surface area contributed by atoms with Gasteiger partial charge in [0.25, 0.3) is 0 Å². The average molecular weight is 162 g/mol. The molecule has 1 aromatic carbocycles. The first-order valence-electron chi connectivity index (χ1n) is 3.03. The molecule has 0 aliphatic carbocycles. The zero-order valence-corrected chi connectivity index (χ0v) is 6.62. The van der Waals surface area contributed by atoms with Gasteiger partial charge in [0, 0.05) is 10.1 Å². The topological polar surface area (TPSA) is 36.1 Å². The second-order valence-electron chi connectivity index (χ2n) is 1.76. The van der Waals surface area contributed by atoms with Crippen LogP contribution in [0.4, 0.5) is 0 Å². The maximum Gasteiger partial charge on any atom is 0.215 e. The van der Waals surface area contributed by atoms with Gasteiger partial charge in [-0.15, -0.1) is 16.3 Å². The van der Waals surface area contributed by atoms with Crippen molar-refractivity contribution in [2.24, 2.45) is 4.99 Å². The molecule has 11 heavy (non-hydrogen) atoms. The highest BCUT2D eigenvalue weighted by Crippen LogP contribution is 2.06. The summed E-state index contributed by atoms with van der Waals surface area (Å²) in [7, 11) is 0. The van der Waals surface area contributed by atoms with Crippen LogP contribution >= 0.6 is 11.4 Å². The summed E-state index contributed by atoms with van der Waals surface area (Å²) in [5.41, 5.74) is 0. The molecule has 0 saturated carbocycles. The van der Waals surface area contributed by atoms with E-state index in [1.165, 1.54) is 0 Å². The Morgan fingerprint density at radius 1 is 1.27 bits per heavy atom. The van der Waals surface area contributed by atoms with Gasteiger partial charge in [0.15, 0.2) is 0 Å². The van der Waals surface area contributed by atoms with Gasteiger partial charge >= 0.3 is 0 Å². The fraction of sp³-hybridized carbons (Fsp3) is 0. The van der Waals surface area contributed by atoms with Crippen molar-refractivity contribution in [3.63, 3.8) is 0 Å². The third kappa shape index (κ3) is 2.81. The molecule has 0 amide bonds. The van der Waals surface area contributed by atoms with Crippen molar-refractivity contribution in [3.8, 4) is 6.19 Å². The molecule has 0 heterocycles. The van der Waals surface area contributed by atoms with Crippen molar-refractivity contribution < 1.29 is 0 Å². The summed E-state index contributed by atoms with van der Waals surface area (Å²) < 4.78 is 0. The molecule has 0 aliphatic heterocycles. The Kier molecular flexibility index (Phi) is 3.14. The number of rotatable bonds is 1. The molecule has 1 rings (SSSR count). The minimum absolute atomic E-state index is 0.839. The van der Waals surface area contributed by atoms with Crippen LogP contribution in [-0.4, -0.2) is 5.16 Å². The van der Waals surface area contributed by atoms with Gasteiger partial charge in [0.1, 0.15) is 0 Å². The Balaban J connectivity index is 2.82. The van der Waals surface area contributed by atoms with Gasteiger partial charge in [-0.2, -0.15) is 5.26 Å². The van der Waals surface area contributed by atoms with Crippen LogP contribution < -0.4 is 0 Å². The molecule has 54 valence electrons. The first-order valence-corrected chi connectivity index (χ1v) is 3.92. The number of hydrogen-bond acceptors (Lipinski definition) is 2. The largest absolute Gasteiger partial charge is 0.215 e. The lowest BCUT2D eigenvalue weighted by Crippen LogP contribution is -1.61. The maximum absolute atomic E-state index is 8.06. The molecular formula is C8H6N2S. The van der Waals surface area contributed by atoms with E-state index in [9.17, 15) is 0 Å². The number of benzene rings is 1. The standard InChI is InChI=1S/C8H6N2S/c9-6-10-7-11-8-4-2-1-3-5-8/h1-5,11H. The van der Waals surface area contributed by atoms with Gasteiger partial charge in [0.2, 0.25) is 6.19 Å². The summed E-state index contributed by atoms with van der Waals surface area (Å²) in [6.07, 6.45) is 1.64. The number of nitrogens with zero attached hydrogens (tertiary/aromatic N) is 2. The van der Waals surface area contributed by atoms with Crippen molar-refractivity contribution in [1.29, 1.82) is 5.26 Å². The van der Waals surface area contributed by atoms with E-state index >= 15 is 0 Å². The fourth-order valence-electron chi connectivity index (χ4n) is 0.608. The molecule has 0 N–H and O–H groups in total. The van der Waals surface area contributed by atoms with Gasteiger partial charge in [-0.25, -0.2) is 0 Å². The van der Waals surface area contributed by atoms with Crippen LogP contribution in [0.5, 0.6) is 0 Å². The van der Waals surface area contributed by atoms with Gasteiger partial charge < -0.3 is 0 Å². The van der Waals surface area contributed by atoms with Crippen molar-refractivity contribution in [1.82, 2.24) is 0 Å². The molecule has 2 nitrogen and oxygen atoms in total. The molecule has 0 atom stereocenters. The highest BCUT2D eigenvalue weighted by molar-refractivity contribution is 7.97. The lowest BCUT2D eigenvalue weighted by molar-refractivity contribution is 1.45. The Labute approximate surface area is 68.8 Å². The Hall–Kier alpha value is -1.36. The van der Waals surface area contributed by atoms with Crippen LogP contribution in [-0.2, 0) is 0 Å². The number of isothiocyanates is 1. The summed E-state index contributed by atoms with van der Waals surface area (Å²) >= 11 is 0.839. The maximum atomic E-state index is 8.06. The zero-order valence-electron chi connectivity index (χ0n) is 5.73. The molecule has 0 fully saturated rings. The van der Waals surface area contributed by atoms with E-state index in [4.69, 9.17) is 5.26 Å². The smallest absolute Gasteiger partial charge is 0.170 e. The minimum Gasteiger partial charge on any atom is -0.170 e. The van der Waals surface area contributed by atoms with Gasteiger partial charge in [-0.3, -0.25) is 0 Å². The predicted octanol–water partition coefficient (Wildman–Crippen LogP) is 1.90. The van der Waals surface area contributed by atoms with Crippen molar-refractivity contribution in [2.45, 2.75) is 4.90 Å². The highest BCUT2D eigenvalue weighted by Gasteiger charge is 1.78. The quantitative estimate of drug-likeness (QED) is 0.291. The van der Waals surface area contributed by atoms with Gasteiger partial charge in [0.05, 0.1) is 0 Å². The third-order valence-electron chi connectivity index (χ3n) is 1.04. The Morgan fingerprint density at radius 3 is 2.64 bits per heavy atom. The van der Waals surface area contributed by atoms with Crippen LogP contribution in [0.25, 0.3) is 0 Å². The van der Waals surface area contributed by atoms with Crippen LogP contribution in [0.2, 0.25) is 0 Å². The second-order valence-corrected chi connectivity index (χ2v) is 2.70. The molecule has 0 radical (unpaired) electrons. The number of hydrogen-bond donors (Lipinski definition) is 1. The minimum atomic E-state index is 0.839. The van der Waals surface area contributed by atoms with E-state index in [0.29, 0.717) is 0 Å². The van der Waals surface area contributed by atoms with Crippen molar-refractivity contribution in [3.05, 3.63) is 30.3 Å². The van der Waals surface area contributed by atoms with Gasteiger partial charge in [-0.1, -0.05) is 18.2 Å². The first kappa shape index (κ1) is 7.74. The van der Waals surface area contributed by atoms with E-state index < -0.39 is 0 Å². The SMILES string of the molecule is N#CN=C=[SH]c1ccccc1. The Bertz CT molecular complexity index is 318. The molecule has 0 unspecified atom stereocenters. The van der Waals surface area contributed by atoms with E-state index in [-0.39, 0.29) is 0 Å². The first-order chi connectivity index (χ1) is 5.43. The van der Waals surface area contributed by atoms with Crippen LogP contribution in [0.15, 0.2) is 40.2 Å². The summed E-state index contributed by atoms with van der Waals surface area (Å²) in [6.45, 7) is 0. The summed E-state index contributed by atoms with van der Waals surface area (Å²) in [4.78, 5) is 4.40. The van der Waals surface area contributed by atoms with Crippen molar-refractivity contribution in [2.75, 3.05) is 0 Å². The van der Waals surface area contributed by atoms with Crippen molar-refractivity contribution >= 4 is 16.5 Å². The number of nitriles is 1. The monoisotopic (exact) mass is 162 g/mol. The number of aliphatic imine (C=N–C) groups is 1. The van der Waals surface area contributed by atoms with E-state index in [1.54, 1.807) is 6.19 Å². The van der Waals surface area contributed by atoms with Crippen LogP contribution in [0.3, 0.4) is 0 Å². The molecule has 1 aromatic rings. The molecule has 0 bridgehead atoms. The van der Waals surface area contributed by atoms with E-state index in [2.05, 4.69) is 10.2 Å². The molecule has 0 spiro atoms. The molecule has 0 aliphatic rings. The van der Waals surface area contributed by atoms with E-state index in [0.717, 1.165) is 16.2 Å². The third-order valence-corrected chi connectivity index (χ3v) is 1.79.